The molecule has 158 valence electrons. The van der Waals surface area contributed by atoms with Crippen LogP contribution in [0.2, 0.25) is 5.02 Å². The van der Waals surface area contributed by atoms with Gasteiger partial charge in [-0.3, -0.25) is 9.59 Å². The van der Waals surface area contributed by atoms with E-state index in [1.807, 2.05) is 40.1 Å². The van der Waals surface area contributed by atoms with Crippen molar-refractivity contribution in [2.24, 2.45) is 0 Å². The van der Waals surface area contributed by atoms with Crippen LogP contribution in [0.15, 0.2) is 42.5 Å². The summed E-state index contributed by atoms with van der Waals surface area (Å²) in [7, 11) is 0. The van der Waals surface area contributed by atoms with Crippen LogP contribution in [-0.2, 0) is 22.4 Å². The first-order chi connectivity index (χ1) is 14.6. The van der Waals surface area contributed by atoms with E-state index in [0.29, 0.717) is 63.7 Å². The SMILES string of the molecule is O=C(CCc1ccc2c(c1)OCCO2)N1CCN(C(=O)Cc2ccc(Cl)cc2)CC1. The number of rotatable bonds is 5. The Hall–Kier alpha value is -2.73. The van der Waals surface area contributed by atoms with Gasteiger partial charge in [-0.1, -0.05) is 29.8 Å². The van der Waals surface area contributed by atoms with Crippen LogP contribution in [-0.4, -0.2) is 61.0 Å². The third-order valence-electron chi connectivity index (χ3n) is 5.49. The third-order valence-corrected chi connectivity index (χ3v) is 5.74. The van der Waals surface area contributed by atoms with Crippen LogP contribution in [0.5, 0.6) is 11.5 Å². The topological polar surface area (TPSA) is 59.1 Å². The maximum atomic E-state index is 12.6. The summed E-state index contributed by atoms with van der Waals surface area (Å²) in [5.74, 6) is 1.71. The number of amides is 2. The Morgan fingerprint density at radius 1 is 0.800 bits per heavy atom. The molecule has 0 saturated carbocycles. The van der Waals surface area contributed by atoms with Crippen LogP contribution in [0.4, 0.5) is 0 Å². The van der Waals surface area contributed by atoms with E-state index in [9.17, 15) is 9.59 Å². The van der Waals surface area contributed by atoms with Crippen LogP contribution >= 0.6 is 11.6 Å². The number of fused-ring (bicyclic) bond motifs is 1. The fourth-order valence-electron chi connectivity index (χ4n) is 3.75. The molecule has 0 aliphatic carbocycles. The van der Waals surface area contributed by atoms with E-state index in [2.05, 4.69) is 0 Å². The van der Waals surface area contributed by atoms with Crippen molar-refractivity contribution in [3.8, 4) is 11.5 Å². The molecule has 7 heteroatoms. The van der Waals surface area contributed by atoms with E-state index in [4.69, 9.17) is 21.1 Å². The molecule has 6 nitrogen and oxygen atoms in total. The number of piperazine rings is 1. The van der Waals surface area contributed by atoms with Crippen molar-refractivity contribution in [2.45, 2.75) is 19.3 Å². The van der Waals surface area contributed by atoms with Crippen molar-refractivity contribution in [1.29, 1.82) is 0 Å². The quantitative estimate of drug-likeness (QED) is 0.734. The molecule has 1 saturated heterocycles. The van der Waals surface area contributed by atoms with Gasteiger partial charge in [0.25, 0.3) is 0 Å². The highest BCUT2D eigenvalue weighted by Gasteiger charge is 2.24. The van der Waals surface area contributed by atoms with Gasteiger partial charge in [0.1, 0.15) is 13.2 Å². The standard InChI is InChI=1S/C23H25ClN2O4/c24-19-5-1-18(2-6-19)16-23(28)26-11-9-25(10-12-26)22(27)8-4-17-3-7-20-21(15-17)30-14-13-29-20/h1-3,5-7,15H,4,8-14,16H2. The highest BCUT2D eigenvalue weighted by molar-refractivity contribution is 6.30. The van der Waals surface area contributed by atoms with Gasteiger partial charge in [-0.25, -0.2) is 0 Å². The Balaban J connectivity index is 1.23. The lowest BCUT2D eigenvalue weighted by molar-refractivity contribution is -0.139. The fraction of sp³-hybridized carbons (Fsp3) is 0.391. The summed E-state index contributed by atoms with van der Waals surface area (Å²) in [4.78, 5) is 28.8. The number of carbonyl (C=O) groups is 2. The van der Waals surface area contributed by atoms with Crippen LogP contribution in [0, 0.1) is 0 Å². The van der Waals surface area contributed by atoms with Crippen molar-refractivity contribution < 1.29 is 19.1 Å². The van der Waals surface area contributed by atoms with Gasteiger partial charge in [-0.05, 0) is 41.8 Å². The zero-order valence-corrected chi connectivity index (χ0v) is 17.6. The summed E-state index contributed by atoms with van der Waals surface area (Å²) in [6, 6.07) is 13.2. The molecule has 0 bridgehead atoms. The maximum absolute atomic E-state index is 12.6. The number of hydrogen-bond acceptors (Lipinski definition) is 4. The van der Waals surface area contributed by atoms with E-state index in [-0.39, 0.29) is 11.8 Å². The summed E-state index contributed by atoms with van der Waals surface area (Å²) < 4.78 is 11.1. The Morgan fingerprint density at radius 3 is 2.10 bits per heavy atom. The van der Waals surface area contributed by atoms with Gasteiger partial charge in [0, 0.05) is 37.6 Å². The highest BCUT2D eigenvalue weighted by Crippen LogP contribution is 2.31. The second-order valence-corrected chi connectivity index (χ2v) is 7.98. The number of benzene rings is 2. The van der Waals surface area contributed by atoms with Gasteiger partial charge in [0.2, 0.25) is 11.8 Å². The summed E-state index contributed by atoms with van der Waals surface area (Å²) in [5, 5.41) is 0.662. The smallest absolute Gasteiger partial charge is 0.227 e. The van der Waals surface area contributed by atoms with Crippen LogP contribution < -0.4 is 9.47 Å². The fourth-order valence-corrected chi connectivity index (χ4v) is 3.87. The molecule has 0 spiro atoms. The monoisotopic (exact) mass is 428 g/mol. The van der Waals surface area contributed by atoms with Crippen molar-refractivity contribution in [3.05, 3.63) is 58.6 Å². The molecule has 0 aromatic heterocycles. The Labute approximate surface area is 181 Å². The maximum Gasteiger partial charge on any atom is 0.227 e. The van der Waals surface area contributed by atoms with Gasteiger partial charge in [0.15, 0.2) is 11.5 Å². The normalized spacial score (nSPS) is 15.8. The summed E-state index contributed by atoms with van der Waals surface area (Å²) in [6.07, 6.45) is 1.46. The molecular weight excluding hydrogens is 404 g/mol. The lowest BCUT2D eigenvalue weighted by Crippen LogP contribution is -2.51. The van der Waals surface area contributed by atoms with Crippen molar-refractivity contribution in [2.75, 3.05) is 39.4 Å². The predicted octanol–water partition coefficient (Wildman–Crippen LogP) is 2.96. The molecule has 2 amide bonds. The number of aryl methyl sites for hydroxylation is 1. The van der Waals surface area contributed by atoms with Crippen LogP contribution in [0.25, 0.3) is 0 Å². The average molecular weight is 429 g/mol. The number of ether oxygens (including phenoxy) is 2. The molecule has 0 N–H and O–H groups in total. The summed E-state index contributed by atoms with van der Waals surface area (Å²) in [6.45, 7) is 3.42. The van der Waals surface area contributed by atoms with E-state index in [1.165, 1.54) is 0 Å². The Morgan fingerprint density at radius 2 is 1.40 bits per heavy atom. The molecule has 2 heterocycles. The first-order valence-corrected chi connectivity index (χ1v) is 10.6. The lowest BCUT2D eigenvalue weighted by Gasteiger charge is -2.35. The molecule has 2 aliphatic heterocycles. The van der Waals surface area contributed by atoms with Crippen LogP contribution in [0.3, 0.4) is 0 Å². The average Bonchev–Trinajstić information content (AvgIpc) is 2.79. The van der Waals surface area contributed by atoms with Crippen molar-refractivity contribution in [1.82, 2.24) is 9.80 Å². The van der Waals surface area contributed by atoms with E-state index < -0.39 is 0 Å². The first kappa shape index (κ1) is 20.5. The van der Waals surface area contributed by atoms with Gasteiger partial charge in [0.05, 0.1) is 6.42 Å². The van der Waals surface area contributed by atoms with Gasteiger partial charge in [-0.2, -0.15) is 0 Å². The van der Waals surface area contributed by atoms with Gasteiger partial charge < -0.3 is 19.3 Å². The van der Waals surface area contributed by atoms with Gasteiger partial charge >= 0.3 is 0 Å². The largest absolute Gasteiger partial charge is 0.486 e. The Kier molecular flexibility index (Phi) is 6.43. The highest BCUT2D eigenvalue weighted by atomic mass is 35.5. The summed E-state index contributed by atoms with van der Waals surface area (Å²) >= 11 is 5.89. The molecule has 2 aromatic rings. The van der Waals surface area contributed by atoms with E-state index >= 15 is 0 Å². The number of carbonyl (C=O) groups excluding carboxylic acids is 2. The lowest BCUT2D eigenvalue weighted by atomic mass is 10.1. The third kappa shape index (κ3) is 5.05. The summed E-state index contributed by atoms with van der Waals surface area (Å²) in [5.41, 5.74) is 2.01. The second kappa shape index (κ2) is 9.39. The van der Waals surface area contributed by atoms with Gasteiger partial charge in [-0.15, -0.1) is 0 Å². The minimum Gasteiger partial charge on any atom is -0.486 e. The minimum absolute atomic E-state index is 0.0840. The predicted molar refractivity (Wildman–Crippen MR) is 114 cm³/mol. The first-order valence-electron chi connectivity index (χ1n) is 10.3. The second-order valence-electron chi connectivity index (χ2n) is 7.54. The minimum atomic E-state index is 0.0840. The van der Waals surface area contributed by atoms with Crippen molar-refractivity contribution >= 4 is 23.4 Å². The zero-order valence-electron chi connectivity index (χ0n) is 16.8. The molecule has 2 aromatic carbocycles. The molecular formula is C23H25ClN2O4. The molecule has 30 heavy (non-hydrogen) atoms. The van der Waals surface area contributed by atoms with Crippen molar-refractivity contribution in [3.63, 3.8) is 0 Å². The molecule has 0 unspecified atom stereocenters. The molecule has 4 rings (SSSR count). The molecule has 2 aliphatic rings. The number of hydrogen-bond donors (Lipinski definition) is 0. The van der Waals surface area contributed by atoms with Crippen LogP contribution in [0.1, 0.15) is 17.5 Å². The Bertz CT molecular complexity index is 908. The molecule has 0 radical (unpaired) electrons. The van der Waals surface area contributed by atoms with E-state index in [0.717, 1.165) is 22.6 Å². The van der Waals surface area contributed by atoms with E-state index in [1.54, 1.807) is 12.1 Å². The zero-order chi connectivity index (χ0) is 20.9. The number of nitrogens with zero attached hydrogens (tertiary/aromatic N) is 2. The molecule has 1 fully saturated rings. The number of halogens is 1. The molecule has 0 atom stereocenters.